The summed E-state index contributed by atoms with van der Waals surface area (Å²) in [6.45, 7) is 0. The zero-order valence-electron chi connectivity index (χ0n) is 10.5. The number of rotatable bonds is 3. The second-order valence-electron chi connectivity index (χ2n) is 3.87. The molecule has 18 heavy (non-hydrogen) atoms. The number of nitrogens with zero attached hydrogens (tertiary/aromatic N) is 1. The van der Waals surface area contributed by atoms with E-state index < -0.39 is 4.08 Å². The minimum atomic E-state index is -0.588. The number of likely N-dealkylation sites (N-methyl/N-ethyl adjacent to an activating group) is 1. The van der Waals surface area contributed by atoms with Gasteiger partial charge in [-0.25, -0.2) is 0 Å². The van der Waals surface area contributed by atoms with Crippen LogP contribution in [0.1, 0.15) is 5.56 Å². The molecule has 0 aliphatic carbocycles. The lowest BCUT2D eigenvalue weighted by molar-refractivity contribution is -0.128. The molecule has 1 aromatic rings. The first-order valence-electron chi connectivity index (χ1n) is 5.45. The van der Waals surface area contributed by atoms with Crippen molar-refractivity contribution >= 4 is 29.4 Å². The van der Waals surface area contributed by atoms with E-state index in [1.54, 1.807) is 37.0 Å². The predicted molar refractivity (Wildman–Crippen MR) is 77.7 cm³/mol. The number of carbonyl (C=O) groups excluding carboxylic acids is 1. The van der Waals surface area contributed by atoms with E-state index in [1.807, 2.05) is 35.9 Å². The molecule has 0 aromatic heterocycles. The third-order valence-electron chi connectivity index (χ3n) is 2.88. The van der Waals surface area contributed by atoms with Gasteiger partial charge < -0.3 is 9.64 Å². The van der Waals surface area contributed by atoms with E-state index in [2.05, 4.69) is 0 Å². The number of thioether (sulfide) groups is 2. The van der Waals surface area contributed by atoms with Gasteiger partial charge in [0, 0.05) is 13.2 Å². The molecule has 1 heterocycles. The quantitative estimate of drug-likeness (QED) is 0.852. The van der Waals surface area contributed by atoms with Crippen molar-refractivity contribution in [2.45, 2.75) is 4.08 Å². The van der Waals surface area contributed by atoms with Gasteiger partial charge in [-0.2, -0.15) is 0 Å². The van der Waals surface area contributed by atoms with E-state index in [9.17, 15) is 4.79 Å². The number of amides is 1. The number of ether oxygens (including phenoxy) is 1. The van der Waals surface area contributed by atoms with Crippen molar-refractivity contribution in [2.24, 2.45) is 0 Å². The molecule has 0 radical (unpaired) electrons. The first kappa shape index (κ1) is 13.4. The van der Waals surface area contributed by atoms with E-state index in [1.165, 1.54) is 11.8 Å². The molecule has 1 atom stereocenters. The number of benzene rings is 1. The van der Waals surface area contributed by atoms with Crippen molar-refractivity contribution in [3.63, 3.8) is 0 Å². The first-order valence-corrected chi connectivity index (χ1v) is 7.56. The minimum Gasteiger partial charge on any atom is -0.497 e. The van der Waals surface area contributed by atoms with Crippen molar-refractivity contribution in [3.8, 4) is 5.75 Å². The van der Waals surface area contributed by atoms with Crippen molar-refractivity contribution in [1.82, 2.24) is 4.90 Å². The highest BCUT2D eigenvalue weighted by Gasteiger charge is 2.43. The van der Waals surface area contributed by atoms with Crippen LogP contribution in [0.15, 0.2) is 35.9 Å². The third-order valence-corrected chi connectivity index (χ3v) is 5.65. The van der Waals surface area contributed by atoms with Crippen LogP contribution in [0, 0.1) is 0 Å². The first-order chi connectivity index (χ1) is 8.64. The molecule has 3 nitrogen and oxygen atoms in total. The molecule has 0 N–H and O–H groups in total. The molecule has 0 saturated carbocycles. The molecule has 0 saturated heterocycles. The molecule has 1 aromatic carbocycles. The Labute approximate surface area is 116 Å². The maximum Gasteiger partial charge on any atom is 0.257 e. The summed E-state index contributed by atoms with van der Waals surface area (Å²) in [6, 6.07) is 7.68. The summed E-state index contributed by atoms with van der Waals surface area (Å²) >= 11 is 3.09. The molecule has 1 aliphatic rings. The van der Waals surface area contributed by atoms with Crippen LogP contribution in [0.25, 0.3) is 0 Å². The Balaban J connectivity index is 2.43. The fourth-order valence-electron chi connectivity index (χ4n) is 1.82. The molecular weight excluding hydrogens is 266 g/mol. The summed E-state index contributed by atoms with van der Waals surface area (Å²) in [5.74, 6) is 0.889. The lowest BCUT2D eigenvalue weighted by atomic mass is 10.1. The van der Waals surface area contributed by atoms with Crippen LogP contribution >= 0.6 is 23.5 Å². The third kappa shape index (κ3) is 2.12. The molecule has 0 fully saturated rings. The van der Waals surface area contributed by atoms with Crippen molar-refractivity contribution in [1.29, 1.82) is 0 Å². The van der Waals surface area contributed by atoms with E-state index in [-0.39, 0.29) is 5.91 Å². The predicted octanol–water partition coefficient (Wildman–Crippen LogP) is 2.89. The molecule has 5 heteroatoms. The van der Waals surface area contributed by atoms with Gasteiger partial charge >= 0.3 is 0 Å². The highest BCUT2D eigenvalue weighted by Crippen LogP contribution is 2.49. The van der Waals surface area contributed by atoms with Gasteiger partial charge in [0.25, 0.3) is 5.91 Å². The second kappa shape index (κ2) is 5.28. The normalized spacial score (nSPS) is 23.3. The Bertz CT molecular complexity index is 472. The van der Waals surface area contributed by atoms with Gasteiger partial charge in [-0.1, -0.05) is 23.9 Å². The largest absolute Gasteiger partial charge is 0.497 e. The summed E-state index contributed by atoms with van der Waals surface area (Å²) in [6.07, 6.45) is 3.76. The summed E-state index contributed by atoms with van der Waals surface area (Å²) in [5.41, 5.74) is 0.988. The molecule has 2 rings (SSSR count). The Morgan fingerprint density at radius 1 is 1.33 bits per heavy atom. The number of hydrogen-bond donors (Lipinski definition) is 0. The molecule has 1 aliphatic heterocycles. The van der Waals surface area contributed by atoms with Crippen LogP contribution in [0.2, 0.25) is 0 Å². The standard InChI is InChI=1S/C13H15NO2S2/c1-14-8-9-18-13(17-3,12(14)15)10-4-6-11(16-2)7-5-10/h4-9H,1-3H3. The fourth-order valence-corrected chi connectivity index (χ4v) is 4.02. The Morgan fingerprint density at radius 3 is 2.56 bits per heavy atom. The zero-order valence-corrected chi connectivity index (χ0v) is 12.2. The van der Waals surface area contributed by atoms with Crippen LogP contribution in [-0.2, 0) is 8.87 Å². The Hall–Kier alpha value is -1.07. The van der Waals surface area contributed by atoms with Gasteiger partial charge in [0.15, 0.2) is 4.08 Å². The summed E-state index contributed by atoms with van der Waals surface area (Å²) in [4.78, 5) is 14.1. The van der Waals surface area contributed by atoms with Gasteiger partial charge in [-0.05, 0) is 29.4 Å². The van der Waals surface area contributed by atoms with Gasteiger partial charge in [-0.15, -0.1) is 11.8 Å². The molecule has 1 unspecified atom stereocenters. The SMILES string of the molecule is COc1ccc(C2(SC)SC=CN(C)C2=O)cc1. The highest BCUT2D eigenvalue weighted by atomic mass is 32.2. The summed E-state index contributed by atoms with van der Waals surface area (Å²) < 4.78 is 4.56. The van der Waals surface area contributed by atoms with Gasteiger partial charge in [0.1, 0.15) is 5.75 Å². The molecular formula is C13H15NO2S2. The van der Waals surface area contributed by atoms with Gasteiger partial charge in [-0.3, -0.25) is 4.79 Å². The van der Waals surface area contributed by atoms with Crippen LogP contribution in [-0.4, -0.2) is 31.2 Å². The topological polar surface area (TPSA) is 29.5 Å². The molecule has 0 spiro atoms. The maximum atomic E-state index is 12.4. The lowest BCUT2D eigenvalue weighted by Gasteiger charge is -2.35. The average molecular weight is 281 g/mol. The lowest BCUT2D eigenvalue weighted by Crippen LogP contribution is -2.40. The van der Waals surface area contributed by atoms with Crippen molar-refractivity contribution in [3.05, 3.63) is 41.4 Å². The van der Waals surface area contributed by atoms with Crippen LogP contribution in [0.4, 0.5) is 0 Å². The van der Waals surface area contributed by atoms with Gasteiger partial charge in [0.2, 0.25) is 0 Å². The summed E-state index contributed by atoms with van der Waals surface area (Å²) in [5, 5.41) is 1.96. The Kier molecular flexibility index (Phi) is 3.92. The van der Waals surface area contributed by atoms with Crippen molar-refractivity contribution < 1.29 is 9.53 Å². The number of methoxy groups -OCH3 is 1. The fraction of sp³-hybridized carbons (Fsp3) is 0.308. The monoisotopic (exact) mass is 281 g/mol. The number of carbonyl (C=O) groups is 1. The van der Waals surface area contributed by atoms with Crippen LogP contribution in [0.5, 0.6) is 5.75 Å². The average Bonchev–Trinajstić information content (AvgIpc) is 2.42. The number of hydrogen-bond acceptors (Lipinski definition) is 4. The minimum absolute atomic E-state index is 0.0904. The molecule has 1 amide bonds. The Morgan fingerprint density at radius 2 is 2.00 bits per heavy atom. The van der Waals surface area contributed by atoms with E-state index in [4.69, 9.17) is 4.74 Å². The van der Waals surface area contributed by atoms with E-state index in [0.717, 1.165) is 11.3 Å². The summed E-state index contributed by atoms with van der Waals surface area (Å²) in [7, 11) is 3.42. The van der Waals surface area contributed by atoms with Crippen LogP contribution in [0.3, 0.4) is 0 Å². The van der Waals surface area contributed by atoms with Crippen molar-refractivity contribution in [2.75, 3.05) is 20.4 Å². The second-order valence-corrected chi connectivity index (χ2v) is 6.27. The molecule has 0 bridgehead atoms. The van der Waals surface area contributed by atoms with Gasteiger partial charge in [0.05, 0.1) is 7.11 Å². The van der Waals surface area contributed by atoms with E-state index >= 15 is 0 Å². The maximum absolute atomic E-state index is 12.4. The highest BCUT2D eigenvalue weighted by molar-refractivity contribution is 8.19. The van der Waals surface area contributed by atoms with Crippen LogP contribution < -0.4 is 4.74 Å². The zero-order chi connectivity index (χ0) is 13.2. The van der Waals surface area contributed by atoms with E-state index in [0.29, 0.717) is 0 Å². The smallest absolute Gasteiger partial charge is 0.257 e. The molecule has 96 valence electrons.